The minimum Gasteiger partial charge on any atom is -0.147 e. The first-order valence-corrected chi connectivity index (χ1v) is 0. The van der Waals surface area contributed by atoms with Crippen molar-refractivity contribution in [3.63, 3.8) is 0 Å². The third-order valence-corrected chi connectivity index (χ3v) is 0. The molecule has 0 bridgehead atoms. The second kappa shape index (κ2) is 28.9. The van der Waals surface area contributed by atoms with E-state index in [1.54, 1.807) is 0 Å². The molecule has 0 aromatic carbocycles. The van der Waals surface area contributed by atoms with Crippen LogP contribution in [-0.4, -0.2) is 0 Å². The largest absolute Gasteiger partial charge is 0.147 e. The van der Waals surface area contributed by atoms with Crippen LogP contribution in [0.15, 0.2) is 0 Å². The summed E-state index contributed by atoms with van der Waals surface area (Å²) in [6.45, 7) is 0. The van der Waals surface area contributed by atoms with Gasteiger partial charge in [0.05, 0.1) is 0 Å². The maximum atomic E-state index is 0. The molecule has 34 valence electrons. The van der Waals surface area contributed by atoms with Crippen molar-refractivity contribution in [1.82, 2.24) is 0 Å². The molecule has 0 nitrogen and oxygen atoms in total. The van der Waals surface area contributed by atoms with Crippen molar-refractivity contribution >= 4 is 24.8 Å². The van der Waals surface area contributed by atoms with Gasteiger partial charge >= 0.3 is 0 Å². The van der Waals surface area contributed by atoms with Gasteiger partial charge in [-0.3, -0.25) is 0 Å². The predicted octanol–water partition coefficient (Wildman–Crippen LogP) is 1.48. The zero-order valence-electron chi connectivity index (χ0n) is 1.13. The molecule has 0 heterocycles. The first-order chi connectivity index (χ1) is 0. The van der Waals surface area contributed by atoms with Crippen molar-refractivity contribution in [3.8, 4) is 0 Å². The van der Waals surface area contributed by atoms with Gasteiger partial charge in [-0.05, 0) is 0 Å². The van der Waals surface area contributed by atoms with Crippen LogP contribution in [0.2, 0.25) is 0 Å². The van der Waals surface area contributed by atoms with Gasteiger partial charge in [0.1, 0.15) is 0 Å². The van der Waals surface area contributed by atoms with Gasteiger partial charge in [0.2, 0.25) is 0 Å². The molecule has 0 aliphatic rings. The smallest absolute Gasteiger partial charge is 0 e. The molecule has 0 aromatic heterocycles. The number of halogens is 2. The number of hydrogen-bond donors (Lipinski definition) is 0. The second-order valence-corrected chi connectivity index (χ2v) is 0. The Labute approximate surface area is 52.8 Å². The average Bonchev–Trinajstić information content (AvgIpc) is 0. The summed E-state index contributed by atoms with van der Waals surface area (Å²) in [4.78, 5) is 0. The summed E-state index contributed by atoms with van der Waals surface area (Å²) in [6, 6.07) is 0. The maximum Gasteiger partial charge on any atom is 0 e. The Morgan fingerprint density at radius 3 is 0.750 bits per heavy atom. The first kappa shape index (κ1) is 61.1. The fraction of sp³-hybridized carbons (Fsp3) is 1.00. The Bertz CT molecular complexity index is 6.00. The minimum atomic E-state index is 0. The van der Waals surface area contributed by atoms with Crippen LogP contribution in [0.4, 0.5) is 0 Å². The molecule has 0 unspecified atom stereocenters. The van der Waals surface area contributed by atoms with Gasteiger partial charge in [-0.1, -0.05) is 7.43 Å². The SMILES string of the molecule is C.Cl.Cl.[Pd]. The summed E-state index contributed by atoms with van der Waals surface area (Å²) in [5.41, 5.74) is 0. The van der Waals surface area contributed by atoms with Crippen LogP contribution in [0.25, 0.3) is 0 Å². The molecular formula is CH6Cl2Pd. The minimum absolute atomic E-state index is 0. The van der Waals surface area contributed by atoms with Crippen molar-refractivity contribution in [2.75, 3.05) is 0 Å². The molecule has 0 aromatic rings. The summed E-state index contributed by atoms with van der Waals surface area (Å²) < 4.78 is 0. The van der Waals surface area contributed by atoms with Gasteiger partial charge in [-0.15, -0.1) is 24.8 Å². The van der Waals surface area contributed by atoms with Crippen LogP contribution < -0.4 is 0 Å². The van der Waals surface area contributed by atoms with Crippen LogP contribution in [-0.2, 0) is 20.4 Å². The van der Waals surface area contributed by atoms with Crippen LogP contribution in [0.3, 0.4) is 0 Å². The third-order valence-electron chi connectivity index (χ3n) is 0. The fourth-order valence-corrected chi connectivity index (χ4v) is 0. The van der Waals surface area contributed by atoms with Crippen molar-refractivity contribution < 1.29 is 20.4 Å². The molecule has 0 radical (unpaired) electrons. The molecule has 0 aliphatic carbocycles. The van der Waals surface area contributed by atoms with Crippen LogP contribution in [0.5, 0.6) is 0 Å². The van der Waals surface area contributed by atoms with Crippen molar-refractivity contribution in [1.29, 1.82) is 0 Å². The van der Waals surface area contributed by atoms with E-state index in [2.05, 4.69) is 0 Å². The van der Waals surface area contributed by atoms with E-state index in [0.717, 1.165) is 0 Å². The summed E-state index contributed by atoms with van der Waals surface area (Å²) in [5, 5.41) is 0. The van der Waals surface area contributed by atoms with E-state index in [4.69, 9.17) is 0 Å². The number of rotatable bonds is 0. The van der Waals surface area contributed by atoms with E-state index in [9.17, 15) is 0 Å². The Kier molecular flexibility index (Phi) is 442. The monoisotopic (exact) mass is 194 g/mol. The second-order valence-electron chi connectivity index (χ2n) is 0. The van der Waals surface area contributed by atoms with Gasteiger partial charge in [-0.25, -0.2) is 0 Å². The maximum absolute atomic E-state index is 0. The number of hydrogen-bond acceptors (Lipinski definition) is 0. The zero-order chi connectivity index (χ0) is 0. The predicted molar refractivity (Wildman–Crippen MR) is 21.2 cm³/mol. The normalized spacial score (nSPS) is 0. The molecule has 3 heteroatoms. The molecule has 0 amide bonds. The molecule has 0 fully saturated rings. The molecule has 0 atom stereocenters. The third kappa shape index (κ3) is 10.6. The van der Waals surface area contributed by atoms with Gasteiger partial charge in [0.15, 0.2) is 0 Å². The Hall–Kier alpha value is 1.24. The molecule has 0 spiro atoms. The van der Waals surface area contributed by atoms with Crippen LogP contribution >= 0.6 is 24.8 Å². The summed E-state index contributed by atoms with van der Waals surface area (Å²) >= 11 is 0. The quantitative estimate of drug-likeness (QED) is 0.514. The topological polar surface area (TPSA) is 0 Å². The van der Waals surface area contributed by atoms with Crippen molar-refractivity contribution in [2.45, 2.75) is 7.43 Å². The molecule has 0 aliphatic heterocycles. The van der Waals surface area contributed by atoms with E-state index < -0.39 is 0 Å². The standard InChI is InChI=1S/CH4.2ClH.Pd/h1H4;2*1H;. The van der Waals surface area contributed by atoms with E-state index in [1.807, 2.05) is 0 Å². The fourth-order valence-electron chi connectivity index (χ4n) is 0. The zero-order valence-corrected chi connectivity index (χ0v) is 4.32. The van der Waals surface area contributed by atoms with Gasteiger partial charge in [0, 0.05) is 20.4 Å². The average molecular weight is 195 g/mol. The molecule has 0 saturated heterocycles. The molecule has 0 N–H and O–H groups in total. The van der Waals surface area contributed by atoms with Crippen molar-refractivity contribution in [3.05, 3.63) is 0 Å². The summed E-state index contributed by atoms with van der Waals surface area (Å²) in [7, 11) is 0. The molecule has 0 rings (SSSR count). The molecule has 0 saturated carbocycles. The van der Waals surface area contributed by atoms with E-state index in [1.165, 1.54) is 0 Å². The Morgan fingerprint density at radius 2 is 0.750 bits per heavy atom. The van der Waals surface area contributed by atoms with Crippen LogP contribution in [0.1, 0.15) is 7.43 Å². The molecular weight excluding hydrogens is 189 g/mol. The van der Waals surface area contributed by atoms with Gasteiger partial charge in [-0.2, -0.15) is 0 Å². The Morgan fingerprint density at radius 1 is 0.750 bits per heavy atom. The van der Waals surface area contributed by atoms with Gasteiger partial charge < -0.3 is 0 Å². The van der Waals surface area contributed by atoms with E-state index in [-0.39, 0.29) is 52.7 Å². The Balaban J connectivity index is 0. The van der Waals surface area contributed by atoms with E-state index >= 15 is 0 Å². The summed E-state index contributed by atoms with van der Waals surface area (Å²) in [5.74, 6) is 0. The van der Waals surface area contributed by atoms with Crippen LogP contribution in [0, 0.1) is 0 Å². The first-order valence-electron chi connectivity index (χ1n) is 0. The van der Waals surface area contributed by atoms with E-state index in [0.29, 0.717) is 0 Å². The van der Waals surface area contributed by atoms with Crippen molar-refractivity contribution in [2.24, 2.45) is 0 Å². The summed E-state index contributed by atoms with van der Waals surface area (Å²) in [6.07, 6.45) is 0. The molecule has 4 heavy (non-hydrogen) atoms. The van der Waals surface area contributed by atoms with Gasteiger partial charge in [0.25, 0.3) is 0 Å².